The van der Waals surface area contributed by atoms with Crippen LogP contribution >= 0.6 is 11.3 Å². The SMILES string of the molecule is CC1(C)CCC(C)(C)c2cc3c(cc21)-c1c(N(c2cccc(-c4ccc5sc6ccccc6c5c4)c2)c2cccc4ccccc24)cccc1C3(c1ccccc1)c1ccccc1. The molecule has 304 valence electrons. The van der Waals surface area contributed by atoms with E-state index in [9.17, 15) is 0 Å². The molecule has 9 aromatic carbocycles. The van der Waals surface area contributed by atoms with Crippen LogP contribution in [0.4, 0.5) is 17.1 Å². The average molecular weight is 828 g/mol. The minimum atomic E-state index is -0.541. The highest BCUT2D eigenvalue weighted by molar-refractivity contribution is 7.25. The zero-order valence-electron chi connectivity index (χ0n) is 36.3. The summed E-state index contributed by atoms with van der Waals surface area (Å²) in [5, 5.41) is 5.08. The molecule has 1 nitrogen and oxygen atoms in total. The van der Waals surface area contributed by atoms with Crippen LogP contribution in [0.3, 0.4) is 0 Å². The fraction of sp³-hybridized carbons (Fsp3) is 0.148. The number of hydrogen-bond donors (Lipinski definition) is 0. The van der Waals surface area contributed by atoms with Crippen molar-refractivity contribution in [2.75, 3.05) is 4.90 Å². The Morgan fingerprint density at radius 3 is 1.76 bits per heavy atom. The first kappa shape index (κ1) is 38.0. The predicted octanol–water partition coefficient (Wildman–Crippen LogP) is 17.1. The summed E-state index contributed by atoms with van der Waals surface area (Å²) < 4.78 is 2.65. The second-order valence-corrected chi connectivity index (χ2v) is 20.2. The summed E-state index contributed by atoms with van der Waals surface area (Å²) in [6, 6.07) is 75.6. The van der Waals surface area contributed by atoms with Crippen LogP contribution in [0.25, 0.3) is 53.2 Å². The van der Waals surface area contributed by atoms with Gasteiger partial charge in [-0.25, -0.2) is 0 Å². The van der Waals surface area contributed by atoms with Crippen molar-refractivity contribution in [2.45, 2.75) is 56.8 Å². The van der Waals surface area contributed by atoms with E-state index in [2.05, 4.69) is 233 Å². The number of hydrogen-bond acceptors (Lipinski definition) is 2. The second kappa shape index (κ2) is 14.1. The molecular weight excluding hydrogens is 779 g/mol. The minimum absolute atomic E-state index is 0.0399. The molecule has 10 aromatic rings. The van der Waals surface area contributed by atoms with Crippen molar-refractivity contribution in [1.29, 1.82) is 0 Å². The molecule has 1 heterocycles. The van der Waals surface area contributed by atoms with Crippen molar-refractivity contribution in [3.8, 4) is 22.3 Å². The van der Waals surface area contributed by atoms with Gasteiger partial charge in [0.2, 0.25) is 0 Å². The van der Waals surface area contributed by atoms with E-state index in [0.29, 0.717) is 0 Å². The molecule has 0 amide bonds. The molecule has 0 spiro atoms. The van der Waals surface area contributed by atoms with E-state index >= 15 is 0 Å². The first-order chi connectivity index (χ1) is 30.7. The summed E-state index contributed by atoms with van der Waals surface area (Å²) in [7, 11) is 0. The van der Waals surface area contributed by atoms with Crippen molar-refractivity contribution in [3.63, 3.8) is 0 Å². The molecule has 0 N–H and O–H groups in total. The van der Waals surface area contributed by atoms with Gasteiger partial charge >= 0.3 is 0 Å². The Morgan fingerprint density at radius 2 is 1.00 bits per heavy atom. The number of benzene rings is 9. The van der Waals surface area contributed by atoms with Gasteiger partial charge in [0.05, 0.1) is 16.8 Å². The molecule has 12 rings (SSSR count). The van der Waals surface area contributed by atoms with Gasteiger partial charge in [0.1, 0.15) is 0 Å². The van der Waals surface area contributed by atoms with Gasteiger partial charge in [0.15, 0.2) is 0 Å². The Morgan fingerprint density at radius 1 is 0.413 bits per heavy atom. The van der Waals surface area contributed by atoms with Crippen LogP contribution in [0, 0.1) is 0 Å². The first-order valence-electron chi connectivity index (χ1n) is 22.5. The highest BCUT2D eigenvalue weighted by Gasteiger charge is 2.50. The molecule has 2 heteroatoms. The smallest absolute Gasteiger partial charge is 0.0714 e. The van der Waals surface area contributed by atoms with Gasteiger partial charge in [-0.1, -0.05) is 179 Å². The Hall–Kier alpha value is -6.74. The highest BCUT2D eigenvalue weighted by Crippen LogP contribution is 2.62. The Balaban J connectivity index is 1.18. The topological polar surface area (TPSA) is 3.24 Å². The average Bonchev–Trinajstić information content (AvgIpc) is 3.84. The van der Waals surface area contributed by atoms with Gasteiger partial charge in [-0.3, -0.25) is 0 Å². The van der Waals surface area contributed by atoms with E-state index in [0.717, 1.165) is 24.2 Å². The van der Waals surface area contributed by atoms with Gasteiger partial charge in [0, 0.05) is 36.8 Å². The lowest BCUT2D eigenvalue weighted by Crippen LogP contribution is -2.35. The second-order valence-electron chi connectivity index (χ2n) is 19.1. The van der Waals surface area contributed by atoms with E-state index in [1.54, 1.807) is 0 Å². The summed E-state index contributed by atoms with van der Waals surface area (Å²) in [4.78, 5) is 2.56. The predicted molar refractivity (Wildman–Crippen MR) is 270 cm³/mol. The molecule has 63 heavy (non-hydrogen) atoms. The third-order valence-electron chi connectivity index (χ3n) is 14.6. The highest BCUT2D eigenvalue weighted by atomic mass is 32.1. The fourth-order valence-electron chi connectivity index (χ4n) is 11.3. The molecule has 2 aliphatic carbocycles. The molecule has 0 fully saturated rings. The standard InChI is InChI=1S/C61H49NS/c1-59(2)34-35-60(3,4)53-39-51-49(38-52(53)59)58-50(61(51,43-21-7-5-8-22-43)44-23-9-6-10-24-44)28-17-30-55(58)62(54-29-16-19-40-18-11-12-26-46(40)54)45-25-15-20-41(36-45)42-32-33-57-48(37-42)47-27-13-14-31-56(47)63-57/h5-33,36-39H,34-35H2,1-4H3. The molecule has 0 radical (unpaired) electrons. The van der Waals surface area contributed by atoms with Crippen LogP contribution in [-0.2, 0) is 16.2 Å². The van der Waals surface area contributed by atoms with E-state index in [-0.39, 0.29) is 10.8 Å². The third-order valence-corrected chi connectivity index (χ3v) is 15.7. The first-order valence-corrected chi connectivity index (χ1v) is 23.3. The molecule has 1 aromatic heterocycles. The third kappa shape index (κ3) is 5.74. The fourth-order valence-corrected chi connectivity index (χ4v) is 12.4. The van der Waals surface area contributed by atoms with Crippen LogP contribution < -0.4 is 4.90 Å². The molecule has 2 aliphatic rings. The van der Waals surface area contributed by atoms with Crippen LogP contribution in [0.5, 0.6) is 0 Å². The molecule has 0 unspecified atom stereocenters. The molecule has 0 saturated carbocycles. The van der Waals surface area contributed by atoms with E-state index < -0.39 is 5.41 Å². The quantitative estimate of drug-likeness (QED) is 0.161. The van der Waals surface area contributed by atoms with Gasteiger partial charge in [-0.15, -0.1) is 11.3 Å². The van der Waals surface area contributed by atoms with Crippen molar-refractivity contribution in [3.05, 3.63) is 234 Å². The Bertz CT molecular complexity index is 3360. The molecule has 0 bridgehead atoms. The summed E-state index contributed by atoms with van der Waals surface area (Å²) >= 11 is 1.87. The Labute approximate surface area is 374 Å². The van der Waals surface area contributed by atoms with Crippen molar-refractivity contribution in [2.24, 2.45) is 0 Å². The number of nitrogens with zero attached hydrogens (tertiary/aromatic N) is 1. The number of thiophene rings is 1. The van der Waals surface area contributed by atoms with Crippen molar-refractivity contribution < 1.29 is 0 Å². The zero-order valence-corrected chi connectivity index (χ0v) is 37.1. The monoisotopic (exact) mass is 827 g/mol. The van der Waals surface area contributed by atoms with Gasteiger partial charge in [-0.05, 0) is 128 Å². The van der Waals surface area contributed by atoms with Crippen molar-refractivity contribution in [1.82, 2.24) is 0 Å². The number of anilines is 3. The van der Waals surface area contributed by atoms with Gasteiger partial charge in [0.25, 0.3) is 0 Å². The number of rotatable bonds is 6. The lowest BCUT2D eigenvalue weighted by molar-refractivity contribution is 0.331. The van der Waals surface area contributed by atoms with E-state index in [4.69, 9.17) is 0 Å². The van der Waals surface area contributed by atoms with E-state index in [1.807, 2.05) is 11.3 Å². The summed E-state index contributed by atoms with van der Waals surface area (Å²) in [6.45, 7) is 9.84. The minimum Gasteiger partial charge on any atom is -0.309 e. The van der Waals surface area contributed by atoms with Crippen LogP contribution in [0.1, 0.15) is 73.9 Å². The van der Waals surface area contributed by atoms with Gasteiger partial charge in [-0.2, -0.15) is 0 Å². The largest absolute Gasteiger partial charge is 0.309 e. The molecular formula is C61H49NS. The van der Waals surface area contributed by atoms with Crippen molar-refractivity contribution >= 4 is 59.3 Å². The van der Waals surface area contributed by atoms with Crippen LogP contribution in [0.15, 0.2) is 200 Å². The Kier molecular flexibility index (Phi) is 8.52. The molecule has 0 aliphatic heterocycles. The van der Waals surface area contributed by atoms with E-state index in [1.165, 1.54) is 92.3 Å². The van der Waals surface area contributed by atoms with Gasteiger partial charge < -0.3 is 4.90 Å². The normalized spacial score (nSPS) is 15.6. The number of fused-ring (bicyclic) bond motifs is 8. The maximum atomic E-state index is 2.64. The summed E-state index contributed by atoms with van der Waals surface area (Å²) in [6.07, 6.45) is 2.32. The lowest BCUT2D eigenvalue weighted by atomic mass is 9.61. The van der Waals surface area contributed by atoms with Crippen LogP contribution in [0.2, 0.25) is 0 Å². The summed E-state index contributed by atoms with van der Waals surface area (Å²) in [5.41, 5.74) is 16.3. The maximum Gasteiger partial charge on any atom is 0.0714 e. The maximum absolute atomic E-state index is 2.64. The molecule has 0 atom stereocenters. The molecule has 0 saturated heterocycles. The lowest BCUT2D eigenvalue weighted by Gasteiger charge is -2.43. The van der Waals surface area contributed by atoms with Crippen LogP contribution in [-0.4, -0.2) is 0 Å². The zero-order chi connectivity index (χ0) is 42.5. The summed E-state index contributed by atoms with van der Waals surface area (Å²) in [5.74, 6) is 0.